The van der Waals surface area contributed by atoms with Crippen molar-refractivity contribution < 1.29 is 19.8 Å². The summed E-state index contributed by atoms with van der Waals surface area (Å²) in [4.78, 5) is 38.5. The molecule has 9 nitrogen and oxygen atoms in total. The number of carbonyl (C=O) groups is 2. The van der Waals surface area contributed by atoms with Gasteiger partial charge in [-0.3, -0.25) is 14.6 Å². The van der Waals surface area contributed by atoms with Gasteiger partial charge in [0, 0.05) is 25.1 Å². The van der Waals surface area contributed by atoms with Crippen LogP contribution in [0.25, 0.3) is 11.3 Å². The topological polar surface area (TPSA) is 129 Å². The zero-order valence-corrected chi connectivity index (χ0v) is 19.9. The number of pyridine rings is 1. The van der Waals surface area contributed by atoms with Gasteiger partial charge in [-0.2, -0.15) is 0 Å². The summed E-state index contributed by atoms with van der Waals surface area (Å²) in [7, 11) is 0. The summed E-state index contributed by atoms with van der Waals surface area (Å²) in [6.07, 6.45) is 4.37. The number of benzene rings is 1. The Morgan fingerprint density at radius 3 is 2.40 bits per heavy atom. The number of carboxylic acid groups (broad SMARTS) is 1. The maximum absolute atomic E-state index is 12.3. The molecule has 3 heterocycles. The van der Waals surface area contributed by atoms with Crippen molar-refractivity contribution in [3.8, 4) is 17.0 Å². The lowest BCUT2D eigenvalue weighted by Gasteiger charge is -2.33. The third-order valence-electron chi connectivity index (χ3n) is 6.27. The van der Waals surface area contributed by atoms with Gasteiger partial charge in [0.15, 0.2) is 11.4 Å². The molecule has 1 aliphatic rings. The van der Waals surface area contributed by atoms with Crippen LogP contribution in [0.15, 0.2) is 42.6 Å². The number of aliphatic carboxylic acids is 1. The van der Waals surface area contributed by atoms with Crippen LogP contribution in [-0.4, -0.2) is 56.7 Å². The van der Waals surface area contributed by atoms with E-state index in [2.05, 4.69) is 68.5 Å². The van der Waals surface area contributed by atoms with Gasteiger partial charge in [-0.15, -0.1) is 0 Å². The van der Waals surface area contributed by atoms with E-state index in [9.17, 15) is 14.7 Å². The van der Waals surface area contributed by atoms with Crippen molar-refractivity contribution in [1.29, 1.82) is 0 Å². The Kier molecular flexibility index (Phi) is 7.24. The second-order valence-corrected chi connectivity index (χ2v) is 8.90. The third kappa shape index (κ3) is 5.92. The van der Waals surface area contributed by atoms with Gasteiger partial charge in [-0.1, -0.05) is 29.8 Å². The predicted molar refractivity (Wildman–Crippen MR) is 131 cm³/mol. The summed E-state index contributed by atoms with van der Waals surface area (Å²) in [6, 6.07) is 12.5. The first kappa shape index (κ1) is 24.1. The monoisotopic (exact) mass is 475 g/mol. The number of hydrogen-bond acceptors (Lipinski definition) is 7. The number of hydrogen-bond donors (Lipinski definition) is 3. The summed E-state index contributed by atoms with van der Waals surface area (Å²) < 4.78 is 0. The van der Waals surface area contributed by atoms with E-state index in [1.807, 2.05) is 6.20 Å². The standard InChI is InChI=1S/C26H29N5O4/c1-16-3-5-19(6-4-16)21-8-7-20(14-27-21)31-11-9-18(10-12-31)13-22-29-17(2)25(34)24(30-22)26(35)28-15-23(32)33/h3-8,14,18,34H,9-13,15H2,1-2H3,(H,28,35)(H,32,33). The molecule has 4 rings (SSSR count). The molecule has 9 heteroatoms. The summed E-state index contributed by atoms with van der Waals surface area (Å²) in [6.45, 7) is 4.87. The molecule has 3 N–H and O–H groups in total. The van der Waals surface area contributed by atoms with Crippen LogP contribution in [0.5, 0.6) is 5.75 Å². The van der Waals surface area contributed by atoms with Crippen molar-refractivity contribution in [3.63, 3.8) is 0 Å². The van der Waals surface area contributed by atoms with Crippen LogP contribution in [0, 0.1) is 19.8 Å². The SMILES string of the molecule is Cc1ccc(-c2ccc(N3CCC(Cc4nc(C)c(O)c(C(=O)NCC(=O)O)n4)CC3)cn2)cc1. The first-order chi connectivity index (χ1) is 16.8. The number of carbonyl (C=O) groups excluding carboxylic acids is 1. The third-order valence-corrected chi connectivity index (χ3v) is 6.27. The quantitative estimate of drug-likeness (QED) is 0.475. The lowest BCUT2D eigenvalue weighted by Crippen LogP contribution is -2.34. The number of anilines is 1. The van der Waals surface area contributed by atoms with Crippen molar-refractivity contribution in [2.45, 2.75) is 33.1 Å². The zero-order chi connectivity index (χ0) is 24.9. The number of aromatic nitrogens is 3. The molecule has 1 aromatic carbocycles. The number of aryl methyl sites for hydroxylation is 2. The molecule has 0 unspecified atom stereocenters. The van der Waals surface area contributed by atoms with Crippen LogP contribution < -0.4 is 10.2 Å². The maximum Gasteiger partial charge on any atom is 0.322 e. The van der Waals surface area contributed by atoms with Gasteiger partial charge >= 0.3 is 5.97 Å². The molecule has 0 atom stereocenters. The largest absolute Gasteiger partial charge is 0.504 e. The molecule has 0 spiro atoms. The van der Waals surface area contributed by atoms with Crippen LogP contribution in [-0.2, 0) is 11.2 Å². The van der Waals surface area contributed by atoms with E-state index < -0.39 is 18.4 Å². The first-order valence-corrected chi connectivity index (χ1v) is 11.6. The van der Waals surface area contributed by atoms with Gasteiger partial charge in [0.25, 0.3) is 5.91 Å². The van der Waals surface area contributed by atoms with Gasteiger partial charge in [-0.25, -0.2) is 9.97 Å². The van der Waals surface area contributed by atoms with Crippen LogP contribution in [0.4, 0.5) is 5.69 Å². The fraction of sp³-hybridized carbons (Fsp3) is 0.346. The van der Waals surface area contributed by atoms with Crippen molar-refractivity contribution in [2.75, 3.05) is 24.5 Å². The van der Waals surface area contributed by atoms with Crippen LogP contribution in [0.2, 0.25) is 0 Å². The summed E-state index contributed by atoms with van der Waals surface area (Å²) in [5, 5.41) is 21.2. The lowest BCUT2D eigenvalue weighted by atomic mass is 9.93. The number of piperidine rings is 1. The molecule has 1 amide bonds. The second-order valence-electron chi connectivity index (χ2n) is 8.90. The van der Waals surface area contributed by atoms with Crippen LogP contribution in [0.1, 0.15) is 40.4 Å². The average molecular weight is 476 g/mol. The van der Waals surface area contributed by atoms with Gasteiger partial charge in [0.2, 0.25) is 0 Å². The molecule has 182 valence electrons. The summed E-state index contributed by atoms with van der Waals surface area (Å²) >= 11 is 0. The highest BCUT2D eigenvalue weighted by Gasteiger charge is 2.23. The molecule has 1 fully saturated rings. The molecule has 0 radical (unpaired) electrons. The van der Waals surface area contributed by atoms with Crippen molar-refractivity contribution >= 4 is 17.6 Å². The number of nitrogens with zero attached hydrogens (tertiary/aromatic N) is 4. The number of carboxylic acids is 1. The summed E-state index contributed by atoms with van der Waals surface area (Å²) in [5.74, 6) is -1.41. The highest BCUT2D eigenvalue weighted by atomic mass is 16.4. The Morgan fingerprint density at radius 2 is 1.77 bits per heavy atom. The van der Waals surface area contributed by atoms with Crippen LogP contribution in [0.3, 0.4) is 0 Å². The molecule has 35 heavy (non-hydrogen) atoms. The molecule has 2 aromatic heterocycles. The van der Waals surface area contributed by atoms with E-state index in [1.54, 1.807) is 6.92 Å². The van der Waals surface area contributed by atoms with E-state index in [4.69, 9.17) is 5.11 Å². The van der Waals surface area contributed by atoms with Crippen molar-refractivity contribution in [3.05, 3.63) is 65.4 Å². The molecule has 3 aromatic rings. The van der Waals surface area contributed by atoms with E-state index in [0.29, 0.717) is 23.9 Å². The minimum Gasteiger partial charge on any atom is -0.504 e. The smallest absolute Gasteiger partial charge is 0.322 e. The average Bonchev–Trinajstić information content (AvgIpc) is 2.86. The van der Waals surface area contributed by atoms with E-state index >= 15 is 0 Å². The Balaban J connectivity index is 1.36. The normalized spacial score (nSPS) is 14.1. The molecule has 1 saturated heterocycles. The van der Waals surface area contributed by atoms with Crippen molar-refractivity contribution in [1.82, 2.24) is 20.3 Å². The fourth-order valence-corrected chi connectivity index (χ4v) is 4.24. The Labute approximate surface area is 203 Å². The predicted octanol–water partition coefficient (Wildman–Crippen LogP) is 3.13. The van der Waals surface area contributed by atoms with Crippen molar-refractivity contribution in [2.24, 2.45) is 5.92 Å². The number of nitrogens with one attached hydrogen (secondary N) is 1. The molecule has 0 bridgehead atoms. The molecular formula is C26H29N5O4. The van der Waals surface area contributed by atoms with Gasteiger partial charge in [0.1, 0.15) is 12.4 Å². The number of rotatable bonds is 7. The second kappa shape index (κ2) is 10.5. The first-order valence-electron chi connectivity index (χ1n) is 11.6. The van der Waals surface area contributed by atoms with Gasteiger partial charge in [-0.05, 0) is 44.7 Å². The van der Waals surface area contributed by atoms with E-state index in [1.165, 1.54) is 5.56 Å². The number of amides is 1. The van der Waals surface area contributed by atoms with Gasteiger partial charge in [0.05, 0.1) is 23.3 Å². The molecular weight excluding hydrogens is 446 g/mol. The Hall–Kier alpha value is -4.01. The lowest BCUT2D eigenvalue weighted by molar-refractivity contribution is -0.135. The Morgan fingerprint density at radius 1 is 1.06 bits per heavy atom. The van der Waals surface area contributed by atoms with E-state index in [-0.39, 0.29) is 11.4 Å². The van der Waals surface area contributed by atoms with Crippen LogP contribution >= 0.6 is 0 Å². The minimum absolute atomic E-state index is 0.189. The zero-order valence-electron chi connectivity index (χ0n) is 19.9. The maximum atomic E-state index is 12.3. The minimum atomic E-state index is -1.17. The molecule has 1 aliphatic heterocycles. The van der Waals surface area contributed by atoms with E-state index in [0.717, 1.165) is 42.9 Å². The van der Waals surface area contributed by atoms with Gasteiger partial charge < -0.3 is 20.4 Å². The molecule has 0 saturated carbocycles. The Bertz CT molecular complexity index is 1200. The highest BCUT2D eigenvalue weighted by molar-refractivity contribution is 5.96. The highest BCUT2D eigenvalue weighted by Crippen LogP contribution is 2.27. The molecule has 0 aliphatic carbocycles. The summed E-state index contributed by atoms with van der Waals surface area (Å²) in [5.41, 5.74) is 4.47. The fourth-order valence-electron chi connectivity index (χ4n) is 4.24. The number of aromatic hydroxyl groups is 1.